The van der Waals surface area contributed by atoms with Crippen LogP contribution in [0.1, 0.15) is 33.6 Å². The summed E-state index contributed by atoms with van der Waals surface area (Å²) in [5.74, 6) is 0. The Bertz CT molecular complexity index is 137. The Morgan fingerprint density at radius 2 is 1.69 bits per heavy atom. The number of ether oxygens (including phenoxy) is 1. The SMILES string of the molecule is CCC(C)(CC)CN1CCOCC1. The monoisotopic (exact) mass is 185 g/mol. The summed E-state index contributed by atoms with van der Waals surface area (Å²) < 4.78 is 5.34. The van der Waals surface area contributed by atoms with Gasteiger partial charge in [-0.25, -0.2) is 0 Å². The maximum absolute atomic E-state index is 5.34. The fraction of sp³-hybridized carbons (Fsp3) is 1.00. The van der Waals surface area contributed by atoms with Crippen molar-refractivity contribution in [3.8, 4) is 0 Å². The molecule has 0 aromatic carbocycles. The van der Waals surface area contributed by atoms with Crippen LogP contribution in [0.4, 0.5) is 0 Å². The highest BCUT2D eigenvalue weighted by molar-refractivity contribution is 4.76. The lowest BCUT2D eigenvalue weighted by Gasteiger charge is -2.36. The number of morpholine rings is 1. The van der Waals surface area contributed by atoms with Crippen molar-refractivity contribution in [2.45, 2.75) is 33.6 Å². The summed E-state index contributed by atoms with van der Waals surface area (Å²) in [6.07, 6.45) is 2.56. The summed E-state index contributed by atoms with van der Waals surface area (Å²) >= 11 is 0. The lowest BCUT2D eigenvalue weighted by molar-refractivity contribution is 0.0171. The number of hydrogen-bond donors (Lipinski definition) is 0. The molecule has 1 aliphatic rings. The van der Waals surface area contributed by atoms with Crippen molar-refractivity contribution < 1.29 is 4.74 Å². The maximum Gasteiger partial charge on any atom is 0.0594 e. The molecule has 0 unspecified atom stereocenters. The van der Waals surface area contributed by atoms with Gasteiger partial charge in [0.05, 0.1) is 13.2 Å². The van der Waals surface area contributed by atoms with Crippen LogP contribution < -0.4 is 0 Å². The summed E-state index contributed by atoms with van der Waals surface area (Å²) in [5.41, 5.74) is 0.511. The molecule has 0 bridgehead atoms. The van der Waals surface area contributed by atoms with E-state index in [0.29, 0.717) is 5.41 Å². The van der Waals surface area contributed by atoms with Crippen molar-refractivity contribution in [2.24, 2.45) is 5.41 Å². The van der Waals surface area contributed by atoms with Crippen LogP contribution in [-0.4, -0.2) is 37.7 Å². The fourth-order valence-corrected chi connectivity index (χ4v) is 1.77. The molecule has 78 valence electrons. The largest absolute Gasteiger partial charge is 0.379 e. The van der Waals surface area contributed by atoms with E-state index in [0.717, 1.165) is 26.3 Å². The van der Waals surface area contributed by atoms with Crippen molar-refractivity contribution in [1.82, 2.24) is 4.90 Å². The molecule has 1 saturated heterocycles. The molecule has 1 aliphatic heterocycles. The standard InChI is InChI=1S/C11H23NO/c1-4-11(3,5-2)10-12-6-8-13-9-7-12/h4-10H2,1-3H3. The zero-order chi connectivity index (χ0) is 9.73. The van der Waals surface area contributed by atoms with E-state index in [1.165, 1.54) is 19.4 Å². The van der Waals surface area contributed by atoms with Crippen molar-refractivity contribution >= 4 is 0 Å². The molecule has 0 saturated carbocycles. The Kier molecular flexibility index (Phi) is 4.20. The molecule has 1 fully saturated rings. The van der Waals surface area contributed by atoms with Gasteiger partial charge in [-0.2, -0.15) is 0 Å². The number of rotatable bonds is 4. The zero-order valence-corrected chi connectivity index (χ0v) is 9.31. The molecule has 0 aromatic heterocycles. The van der Waals surface area contributed by atoms with Crippen LogP contribution >= 0.6 is 0 Å². The van der Waals surface area contributed by atoms with E-state index < -0.39 is 0 Å². The third kappa shape index (κ3) is 3.28. The molecule has 0 atom stereocenters. The molecular formula is C11H23NO. The second-order valence-corrected chi connectivity index (χ2v) is 4.41. The van der Waals surface area contributed by atoms with Crippen molar-refractivity contribution in [1.29, 1.82) is 0 Å². The highest BCUT2D eigenvalue weighted by atomic mass is 16.5. The van der Waals surface area contributed by atoms with Gasteiger partial charge in [-0.1, -0.05) is 20.8 Å². The molecule has 0 aliphatic carbocycles. The minimum absolute atomic E-state index is 0.511. The predicted octanol–water partition coefficient (Wildman–Crippen LogP) is 2.14. The van der Waals surface area contributed by atoms with Gasteiger partial charge >= 0.3 is 0 Å². The quantitative estimate of drug-likeness (QED) is 0.665. The molecule has 0 spiro atoms. The Labute approximate surface area is 82.3 Å². The fourth-order valence-electron chi connectivity index (χ4n) is 1.77. The first-order chi connectivity index (χ1) is 6.20. The molecular weight excluding hydrogens is 162 g/mol. The van der Waals surface area contributed by atoms with E-state index in [4.69, 9.17) is 4.74 Å². The Morgan fingerprint density at radius 1 is 1.15 bits per heavy atom. The Balaban J connectivity index is 2.35. The summed E-state index contributed by atoms with van der Waals surface area (Å²) in [7, 11) is 0. The average Bonchev–Trinajstić information content (AvgIpc) is 2.19. The van der Waals surface area contributed by atoms with Gasteiger partial charge in [-0.05, 0) is 18.3 Å². The average molecular weight is 185 g/mol. The van der Waals surface area contributed by atoms with Crippen LogP contribution in [0.2, 0.25) is 0 Å². The van der Waals surface area contributed by atoms with E-state index in [-0.39, 0.29) is 0 Å². The van der Waals surface area contributed by atoms with E-state index in [1.807, 2.05) is 0 Å². The van der Waals surface area contributed by atoms with E-state index in [2.05, 4.69) is 25.7 Å². The van der Waals surface area contributed by atoms with Crippen LogP contribution in [0, 0.1) is 5.41 Å². The minimum atomic E-state index is 0.511. The van der Waals surface area contributed by atoms with E-state index >= 15 is 0 Å². The van der Waals surface area contributed by atoms with E-state index in [1.54, 1.807) is 0 Å². The summed E-state index contributed by atoms with van der Waals surface area (Å²) in [6.45, 7) is 12.3. The minimum Gasteiger partial charge on any atom is -0.379 e. The lowest BCUT2D eigenvalue weighted by atomic mass is 9.84. The predicted molar refractivity (Wildman–Crippen MR) is 55.9 cm³/mol. The third-order valence-corrected chi connectivity index (χ3v) is 3.42. The lowest BCUT2D eigenvalue weighted by Crippen LogP contribution is -2.42. The molecule has 1 rings (SSSR count). The molecule has 2 heteroatoms. The smallest absolute Gasteiger partial charge is 0.0594 e. The first-order valence-electron chi connectivity index (χ1n) is 5.50. The third-order valence-electron chi connectivity index (χ3n) is 3.42. The van der Waals surface area contributed by atoms with Crippen LogP contribution in [0.15, 0.2) is 0 Å². The highest BCUT2D eigenvalue weighted by Gasteiger charge is 2.24. The number of hydrogen-bond acceptors (Lipinski definition) is 2. The van der Waals surface area contributed by atoms with Crippen molar-refractivity contribution in [3.05, 3.63) is 0 Å². The Hall–Kier alpha value is -0.0800. The molecule has 0 N–H and O–H groups in total. The molecule has 1 heterocycles. The second kappa shape index (κ2) is 4.97. The van der Waals surface area contributed by atoms with Gasteiger partial charge in [0.2, 0.25) is 0 Å². The van der Waals surface area contributed by atoms with Crippen LogP contribution in [0.3, 0.4) is 0 Å². The molecule has 2 nitrogen and oxygen atoms in total. The van der Waals surface area contributed by atoms with Gasteiger partial charge in [0.15, 0.2) is 0 Å². The molecule has 0 radical (unpaired) electrons. The van der Waals surface area contributed by atoms with Gasteiger partial charge in [-0.3, -0.25) is 4.90 Å². The molecule has 13 heavy (non-hydrogen) atoms. The van der Waals surface area contributed by atoms with Crippen molar-refractivity contribution in [3.63, 3.8) is 0 Å². The van der Waals surface area contributed by atoms with Crippen LogP contribution in [-0.2, 0) is 4.74 Å². The first kappa shape index (κ1) is 11.0. The zero-order valence-electron chi connectivity index (χ0n) is 9.31. The summed E-state index contributed by atoms with van der Waals surface area (Å²) in [6, 6.07) is 0. The number of nitrogens with zero attached hydrogens (tertiary/aromatic N) is 1. The summed E-state index contributed by atoms with van der Waals surface area (Å²) in [4.78, 5) is 2.54. The topological polar surface area (TPSA) is 12.5 Å². The van der Waals surface area contributed by atoms with Gasteiger partial charge in [-0.15, -0.1) is 0 Å². The van der Waals surface area contributed by atoms with Crippen molar-refractivity contribution in [2.75, 3.05) is 32.8 Å². The first-order valence-corrected chi connectivity index (χ1v) is 5.50. The van der Waals surface area contributed by atoms with Gasteiger partial charge < -0.3 is 4.74 Å². The van der Waals surface area contributed by atoms with Crippen LogP contribution in [0.25, 0.3) is 0 Å². The van der Waals surface area contributed by atoms with E-state index in [9.17, 15) is 0 Å². The maximum atomic E-state index is 5.34. The normalized spacial score (nSPS) is 20.5. The van der Waals surface area contributed by atoms with Gasteiger partial charge in [0, 0.05) is 19.6 Å². The Morgan fingerprint density at radius 3 is 2.15 bits per heavy atom. The molecule has 0 amide bonds. The van der Waals surface area contributed by atoms with Gasteiger partial charge in [0.1, 0.15) is 0 Å². The highest BCUT2D eigenvalue weighted by Crippen LogP contribution is 2.26. The second-order valence-electron chi connectivity index (χ2n) is 4.41. The van der Waals surface area contributed by atoms with Crippen LogP contribution in [0.5, 0.6) is 0 Å². The molecule has 0 aromatic rings. The van der Waals surface area contributed by atoms with Gasteiger partial charge in [0.25, 0.3) is 0 Å². The summed E-state index contributed by atoms with van der Waals surface area (Å²) in [5, 5.41) is 0.